The molecule has 1 fully saturated rings. The van der Waals surface area contributed by atoms with Crippen molar-refractivity contribution in [3.8, 4) is 0 Å². The number of nitrogens with zero attached hydrogens (tertiary/aromatic N) is 4. The van der Waals surface area contributed by atoms with Gasteiger partial charge in [-0.15, -0.1) is 0 Å². The molecule has 56 heavy (non-hydrogen) atoms. The normalized spacial score (nSPS) is 18.2. The molecule has 2 aromatic heterocycles. The van der Waals surface area contributed by atoms with Gasteiger partial charge in [0.05, 0.1) is 56.1 Å². The maximum atomic E-state index is 14.2. The van der Waals surface area contributed by atoms with Crippen molar-refractivity contribution >= 4 is 54.8 Å². The number of unbranched alkanes of at least 4 members (excludes halogenated alkanes) is 1. The number of rotatable bonds is 20. The summed E-state index contributed by atoms with van der Waals surface area (Å²) in [4.78, 5) is 83.9. The first-order valence-electron chi connectivity index (χ1n) is 18.7. The Labute approximate surface area is 326 Å². The van der Waals surface area contributed by atoms with Gasteiger partial charge in [0.15, 0.2) is 16.9 Å². The second kappa shape index (κ2) is 20.3. The Kier molecular flexibility index (Phi) is 15.2. The molecule has 2 amide bonds. The average molecular weight is 789 g/mol. The Hall–Kier alpha value is -4.99. The number of hydrogen-bond acceptors (Lipinski definition) is 13. The number of fused-ring (bicyclic) bond motifs is 1. The van der Waals surface area contributed by atoms with Crippen LogP contribution in [0.3, 0.4) is 0 Å². The van der Waals surface area contributed by atoms with Crippen molar-refractivity contribution in [3.63, 3.8) is 0 Å². The quantitative estimate of drug-likeness (QED) is 0.0542. The molecule has 298 valence electrons. The van der Waals surface area contributed by atoms with Crippen LogP contribution in [0.25, 0.3) is 11.2 Å². The van der Waals surface area contributed by atoms with E-state index in [1.807, 2.05) is 56.0 Å². The zero-order valence-corrected chi connectivity index (χ0v) is 33.1. The Balaban J connectivity index is 1.31. The van der Waals surface area contributed by atoms with Crippen LogP contribution < -0.4 is 21.5 Å². The lowest BCUT2D eigenvalue weighted by molar-refractivity contribution is -0.133. The van der Waals surface area contributed by atoms with Crippen LogP contribution in [0.2, 0.25) is 0 Å². The lowest BCUT2D eigenvalue weighted by Gasteiger charge is -2.28. The summed E-state index contributed by atoms with van der Waals surface area (Å²) < 4.78 is 16.6. The number of carbonyl (C=O) groups excluding carboxylic acids is 4. The molecule has 4 unspecified atom stereocenters. The standard InChI is InChI=1S/C39H49N8O8P/c1-6-53-56(54-7-2)55-20-12-11-19-40-36(50)31-24(3)47(23-27-13-9-8-10-14-27)34(26(5)49)32(31)37(51)45-39-44-35-33(38(52)46-39)43-30(22-42-35)21-41-29-17-15-28(16-18-29)25(4)48/h8-10,13-18,22,24,31-32,34,41H,6-7,11-12,19-21,23H2,1-5H3,(H,40,50)(H2,42,44,45,46,51,52). The van der Waals surface area contributed by atoms with E-state index in [4.69, 9.17) is 13.6 Å². The lowest BCUT2D eigenvalue weighted by atomic mass is 9.84. The Morgan fingerprint density at radius 3 is 2.27 bits per heavy atom. The van der Waals surface area contributed by atoms with E-state index in [2.05, 4.69) is 35.9 Å². The van der Waals surface area contributed by atoms with E-state index in [-0.39, 0.29) is 41.1 Å². The van der Waals surface area contributed by atoms with Gasteiger partial charge in [-0.3, -0.25) is 39.2 Å². The Morgan fingerprint density at radius 1 is 0.893 bits per heavy atom. The second-order valence-electron chi connectivity index (χ2n) is 13.3. The van der Waals surface area contributed by atoms with E-state index in [1.54, 1.807) is 24.3 Å². The minimum atomic E-state index is -1.42. The first-order valence-corrected chi connectivity index (χ1v) is 19.8. The second-order valence-corrected chi connectivity index (χ2v) is 14.5. The lowest BCUT2D eigenvalue weighted by Crippen LogP contribution is -2.45. The summed E-state index contributed by atoms with van der Waals surface area (Å²) in [6.45, 7) is 10.7. The van der Waals surface area contributed by atoms with Crippen LogP contribution in [-0.4, -0.2) is 86.7 Å². The molecule has 4 atom stereocenters. The van der Waals surface area contributed by atoms with Gasteiger partial charge in [-0.2, -0.15) is 4.98 Å². The molecule has 16 nitrogen and oxygen atoms in total. The van der Waals surface area contributed by atoms with E-state index < -0.39 is 44.0 Å². The molecule has 1 aliphatic rings. The minimum Gasteiger partial charge on any atom is -0.379 e. The smallest absolute Gasteiger partial charge is 0.332 e. The highest BCUT2D eigenvalue weighted by molar-refractivity contribution is 7.41. The summed E-state index contributed by atoms with van der Waals surface area (Å²) in [5.74, 6) is -3.53. The van der Waals surface area contributed by atoms with Gasteiger partial charge < -0.3 is 24.2 Å². The number of ketones is 2. The number of benzene rings is 2. The van der Waals surface area contributed by atoms with Crippen LogP contribution in [0.5, 0.6) is 0 Å². The van der Waals surface area contributed by atoms with Crippen molar-refractivity contribution in [2.24, 2.45) is 11.8 Å². The summed E-state index contributed by atoms with van der Waals surface area (Å²) in [5, 5.41) is 8.83. The Bertz CT molecular complexity index is 2030. The van der Waals surface area contributed by atoms with Gasteiger partial charge in [-0.05, 0) is 77.3 Å². The predicted molar refractivity (Wildman–Crippen MR) is 212 cm³/mol. The van der Waals surface area contributed by atoms with Crippen molar-refractivity contribution in [1.29, 1.82) is 0 Å². The van der Waals surface area contributed by atoms with E-state index in [9.17, 15) is 24.0 Å². The maximum absolute atomic E-state index is 14.2. The van der Waals surface area contributed by atoms with Crippen LogP contribution in [0.4, 0.5) is 11.6 Å². The number of aromatic nitrogens is 4. The van der Waals surface area contributed by atoms with Crippen molar-refractivity contribution in [1.82, 2.24) is 30.2 Å². The molecule has 0 radical (unpaired) electrons. The molecule has 1 saturated heterocycles. The molecule has 0 saturated carbocycles. The highest BCUT2D eigenvalue weighted by Gasteiger charge is 2.55. The highest BCUT2D eigenvalue weighted by atomic mass is 31.2. The number of Topliss-reactive ketones (excluding diaryl/α,β-unsaturated/α-hetero) is 2. The summed E-state index contributed by atoms with van der Waals surface area (Å²) in [6, 6.07) is 15.1. The zero-order valence-electron chi connectivity index (χ0n) is 32.2. The fourth-order valence-electron chi connectivity index (χ4n) is 6.71. The van der Waals surface area contributed by atoms with Crippen LogP contribution in [0.1, 0.15) is 69.1 Å². The molecule has 17 heteroatoms. The molecule has 0 spiro atoms. The van der Waals surface area contributed by atoms with Crippen molar-refractivity contribution in [3.05, 3.63) is 88.0 Å². The first kappa shape index (κ1) is 42.2. The molecule has 0 aliphatic carbocycles. The molecule has 5 rings (SSSR count). The fraction of sp³-hybridized carbons (Fsp3) is 0.436. The average Bonchev–Trinajstić information content (AvgIpc) is 3.47. The molecule has 3 heterocycles. The molecule has 0 bridgehead atoms. The molecule has 4 N–H and O–H groups in total. The van der Waals surface area contributed by atoms with Gasteiger partial charge in [0.2, 0.25) is 17.8 Å². The number of carbonyl (C=O) groups is 4. The summed E-state index contributed by atoms with van der Waals surface area (Å²) >= 11 is 0. The van der Waals surface area contributed by atoms with E-state index in [1.165, 1.54) is 20.0 Å². The van der Waals surface area contributed by atoms with Gasteiger partial charge >= 0.3 is 8.60 Å². The number of anilines is 2. The van der Waals surface area contributed by atoms with Gasteiger partial charge in [0.1, 0.15) is 5.78 Å². The monoisotopic (exact) mass is 788 g/mol. The number of H-pyrrole nitrogens is 1. The van der Waals surface area contributed by atoms with Crippen molar-refractivity contribution in [2.45, 2.75) is 72.6 Å². The predicted octanol–water partition coefficient (Wildman–Crippen LogP) is 4.77. The fourth-order valence-corrected chi connectivity index (χ4v) is 7.63. The summed E-state index contributed by atoms with van der Waals surface area (Å²) in [5.41, 5.74) is 2.06. The zero-order chi connectivity index (χ0) is 40.2. The molecular formula is C39H49N8O8P. The van der Waals surface area contributed by atoms with Crippen molar-refractivity contribution < 1.29 is 32.7 Å². The van der Waals surface area contributed by atoms with Crippen LogP contribution in [0, 0.1) is 11.8 Å². The summed E-state index contributed by atoms with van der Waals surface area (Å²) in [7, 11) is -1.42. The van der Waals surface area contributed by atoms with Gasteiger partial charge in [0, 0.05) is 30.4 Å². The minimum absolute atomic E-state index is 0.000532. The van der Waals surface area contributed by atoms with Crippen LogP contribution in [0.15, 0.2) is 65.6 Å². The number of likely N-dealkylation sites (tertiary alicyclic amines) is 1. The largest absolute Gasteiger partial charge is 0.379 e. The SMILES string of the molecule is CCOP(OCC)OCCCCNC(=O)C1C(C(=O)Nc2nc3ncc(CNc4ccc(C(C)=O)cc4)nc3c(=O)[nH]2)C(C(C)=O)N(Cc2ccccc2)C1C. The summed E-state index contributed by atoms with van der Waals surface area (Å²) in [6.07, 6.45) is 2.70. The number of amides is 2. The van der Waals surface area contributed by atoms with E-state index in [0.717, 1.165) is 11.3 Å². The Morgan fingerprint density at radius 2 is 1.61 bits per heavy atom. The van der Waals surface area contributed by atoms with Crippen LogP contribution in [-0.2, 0) is 41.0 Å². The van der Waals surface area contributed by atoms with Gasteiger partial charge in [-0.1, -0.05) is 30.3 Å². The third kappa shape index (κ3) is 10.9. The maximum Gasteiger partial charge on any atom is 0.332 e. The number of hydrogen-bond donors (Lipinski definition) is 4. The molecule has 4 aromatic rings. The number of aromatic amines is 1. The van der Waals surface area contributed by atoms with Crippen molar-refractivity contribution in [2.75, 3.05) is 37.0 Å². The van der Waals surface area contributed by atoms with E-state index >= 15 is 0 Å². The third-order valence-corrected chi connectivity index (χ3v) is 10.7. The topological polar surface area (TPSA) is 207 Å². The van der Waals surface area contributed by atoms with Gasteiger partial charge in [-0.25, -0.2) is 9.97 Å². The molecule has 2 aromatic carbocycles. The van der Waals surface area contributed by atoms with Gasteiger partial charge in [0.25, 0.3) is 5.56 Å². The van der Waals surface area contributed by atoms with E-state index in [0.29, 0.717) is 57.0 Å². The van der Waals surface area contributed by atoms with Crippen LogP contribution >= 0.6 is 8.60 Å². The highest BCUT2D eigenvalue weighted by Crippen LogP contribution is 2.40. The first-order chi connectivity index (χ1) is 27.0. The number of nitrogens with one attached hydrogen (secondary N) is 4. The third-order valence-electron chi connectivity index (χ3n) is 9.37. The molecule has 1 aliphatic heterocycles. The molecular weight excluding hydrogens is 739 g/mol.